The molecular formula is C23H27N3O2S. The van der Waals surface area contributed by atoms with E-state index in [1.807, 2.05) is 50.2 Å². The van der Waals surface area contributed by atoms with E-state index < -0.39 is 0 Å². The fourth-order valence-electron chi connectivity index (χ4n) is 2.73. The lowest BCUT2D eigenvalue weighted by molar-refractivity contribution is -0.120. The van der Waals surface area contributed by atoms with Crippen molar-refractivity contribution in [1.82, 2.24) is 15.5 Å². The van der Waals surface area contributed by atoms with Gasteiger partial charge in [0.15, 0.2) is 0 Å². The summed E-state index contributed by atoms with van der Waals surface area (Å²) in [6, 6.07) is 16.2. The maximum absolute atomic E-state index is 12.4. The van der Waals surface area contributed by atoms with Gasteiger partial charge in [0, 0.05) is 12.1 Å². The molecule has 0 unspecified atom stereocenters. The molecule has 6 heteroatoms. The average Bonchev–Trinajstić information content (AvgIpc) is 3.15. The maximum atomic E-state index is 12.4. The van der Waals surface area contributed by atoms with Crippen LogP contribution in [0, 0.1) is 6.92 Å². The van der Waals surface area contributed by atoms with Crippen molar-refractivity contribution >= 4 is 17.7 Å². The Kier molecular flexibility index (Phi) is 6.42. The van der Waals surface area contributed by atoms with Gasteiger partial charge in [0.1, 0.15) is 0 Å². The van der Waals surface area contributed by atoms with E-state index in [9.17, 15) is 4.79 Å². The number of aromatic nitrogens is 2. The fourth-order valence-corrected chi connectivity index (χ4v) is 3.44. The van der Waals surface area contributed by atoms with E-state index in [2.05, 4.69) is 48.4 Å². The summed E-state index contributed by atoms with van der Waals surface area (Å²) in [5.74, 6) is 0.394. The molecule has 1 amide bonds. The fraction of sp³-hybridized carbons (Fsp3) is 0.348. The van der Waals surface area contributed by atoms with Gasteiger partial charge < -0.3 is 9.73 Å². The highest BCUT2D eigenvalue weighted by molar-refractivity contribution is 8.00. The zero-order valence-corrected chi connectivity index (χ0v) is 18.3. The Morgan fingerprint density at radius 3 is 2.34 bits per heavy atom. The van der Waals surface area contributed by atoms with Gasteiger partial charge in [-0.2, -0.15) is 0 Å². The lowest BCUT2D eigenvalue weighted by Gasteiger charge is -2.18. The zero-order valence-electron chi connectivity index (χ0n) is 17.5. The molecule has 0 bridgehead atoms. The molecule has 3 rings (SSSR count). The molecule has 1 atom stereocenters. The van der Waals surface area contributed by atoms with Crippen molar-refractivity contribution in [1.29, 1.82) is 0 Å². The van der Waals surface area contributed by atoms with Gasteiger partial charge in [0.25, 0.3) is 5.22 Å². The summed E-state index contributed by atoms with van der Waals surface area (Å²) in [4.78, 5) is 12.4. The van der Waals surface area contributed by atoms with Crippen molar-refractivity contribution in [3.8, 4) is 11.5 Å². The molecule has 3 aromatic rings. The third-order valence-electron chi connectivity index (χ3n) is 4.64. The summed E-state index contributed by atoms with van der Waals surface area (Å²) in [6.45, 7) is 10.9. The minimum atomic E-state index is -0.336. The second-order valence-corrected chi connectivity index (χ2v) is 9.46. The summed E-state index contributed by atoms with van der Waals surface area (Å²) in [6.07, 6.45) is 0. The molecule has 0 spiro atoms. The van der Waals surface area contributed by atoms with Gasteiger partial charge >= 0.3 is 0 Å². The van der Waals surface area contributed by atoms with Gasteiger partial charge in [-0.05, 0) is 42.5 Å². The van der Waals surface area contributed by atoms with Gasteiger partial charge in [-0.15, -0.1) is 10.2 Å². The third-order valence-corrected chi connectivity index (χ3v) is 5.57. The first-order valence-electron chi connectivity index (χ1n) is 9.67. The number of aryl methyl sites for hydroxylation is 1. The number of amides is 1. The van der Waals surface area contributed by atoms with E-state index in [4.69, 9.17) is 4.42 Å². The molecule has 0 radical (unpaired) electrons. The van der Waals surface area contributed by atoms with E-state index in [-0.39, 0.29) is 16.6 Å². The molecule has 152 valence electrons. The summed E-state index contributed by atoms with van der Waals surface area (Å²) in [5, 5.41) is 11.2. The number of rotatable bonds is 6. The Morgan fingerprint density at radius 2 is 1.72 bits per heavy atom. The van der Waals surface area contributed by atoms with Crippen molar-refractivity contribution < 1.29 is 9.21 Å². The highest BCUT2D eigenvalue weighted by Crippen LogP contribution is 2.28. The molecule has 0 aliphatic heterocycles. The highest BCUT2D eigenvalue weighted by atomic mass is 32.2. The monoisotopic (exact) mass is 409 g/mol. The third kappa shape index (κ3) is 5.70. The van der Waals surface area contributed by atoms with Gasteiger partial charge in [0.05, 0.1) is 5.25 Å². The van der Waals surface area contributed by atoms with Crippen molar-refractivity contribution in [3.63, 3.8) is 0 Å². The Balaban J connectivity index is 1.57. The van der Waals surface area contributed by atoms with Crippen LogP contribution in [0.5, 0.6) is 0 Å². The molecular weight excluding hydrogens is 382 g/mol. The molecule has 1 heterocycles. The second kappa shape index (κ2) is 8.82. The van der Waals surface area contributed by atoms with Gasteiger partial charge in [-0.25, -0.2) is 0 Å². The molecule has 0 saturated carbocycles. The van der Waals surface area contributed by atoms with Crippen molar-refractivity contribution in [2.75, 3.05) is 0 Å². The normalized spacial score (nSPS) is 12.6. The molecule has 0 aliphatic rings. The Labute approximate surface area is 176 Å². The molecule has 0 aliphatic carbocycles. The minimum Gasteiger partial charge on any atom is -0.411 e. The van der Waals surface area contributed by atoms with Crippen molar-refractivity contribution in [2.24, 2.45) is 0 Å². The molecule has 5 nitrogen and oxygen atoms in total. The quantitative estimate of drug-likeness (QED) is 0.571. The average molecular weight is 410 g/mol. The van der Waals surface area contributed by atoms with Crippen LogP contribution in [0.15, 0.2) is 58.2 Å². The highest BCUT2D eigenvalue weighted by Gasteiger charge is 2.19. The maximum Gasteiger partial charge on any atom is 0.277 e. The number of benzene rings is 2. The largest absolute Gasteiger partial charge is 0.411 e. The van der Waals surface area contributed by atoms with E-state index in [1.54, 1.807) is 0 Å². The summed E-state index contributed by atoms with van der Waals surface area (Å²) in [7, 11) is 0. The first kappa shape index (κ1) is 21.1. The second-order valence-electron chi connectivity index (χ2n) is 8.16. The molecule has 2 aromatic carbocycles. The standard InChI is InChI=1S/C23H27N3O2S/c1-15-6-8-17(9-7-15)14-24-20(27)16(2)29-22-26-25-21(28-22)18-10-12-19(13-11-18)23(3,4)5/h6-13,16H,14H2,1-5H3,(H,24,27)/t16-/m0/s1. The van der Waals surface area contributed by atoms with Gasteiger partial charge in [-0.3, -0.25) is 4.79 Å². The first-order valence-corrected chi connectivity index (χ1v) is 10.5. The van der Waals surface area contributed by atoms with Gasteiger partial charge in [0.2, 0.25) is 11.8 Å². The van der Waals surface area contributed by atoms with Crippen LogP contribution in [0.4, 0.5) is 0 Å². The van der Waals surface area contributed by atoms with E-state index >= 15 is 0 Å². The number of carbonyl (C=O) groups is 1. The summed E-state index contributed by atoms with van der Waals surface area (Å²) >= 11 is 1.26. The Hall–Kier alpha value is -2.60. The predicted octanol–water partition coefficient (Wildman–Crippen LogP) is 5.14. The lowest BCUT2D eigenvalue weighted by atomic mass is 9.87. The number of nitrogens with one attached hydrogen (secondary N) is 1. The smallest absolute Gasteiger partial charge is 0.277 e. The molecule has 29 heavy (non-hydrogen) atoms. The van der Waals surface area contributed by atoms with E-state index in [0.717, 1.165) is 11.1 Å². The number of thioether (sulfide) groups is 1. The van der Waals surface area contributed by atoms with Crippen LogP contribution in [0.2, 0.25) is 0 Å². The van der Waals surface area contributed by atoms with E-state index in [1.165, 1.54) is 22.9 Å². The number of carbonyl (C=O) groups excluding carboxylic acids is 1. The van der Waals surface area contributed by atoms with Crippen LogP contribution >= 0.6 is 11.8 Å². The van der Waals surface area contributed by atoms with E-state index in [0.29, 0.717) is 17.7 Å². The van der Waals surface area contributed by atoms with Crippen LogP contribution in [0.25, 0.3) is 11.5 Å². The topological polar surface area (TPSA) is 68.0 Å². The van der Waals surface area contributed by atoms with Crippen molar-refractivity contribution in [2.45, 2.75) is 57.1 Å². The Bertz CT molecular complexity index is 957. The van der Waals surface area contributed by atoms with Crippen LogP contribution in [-0.2, 0) is 16.8 Å². The molecule has 0 fully saturated rings. The number of hydrogen-bond donors (Lipinski definition) is 1. The first-order chi connectivity index (χ1) is 13.7. The van der Waals surface area contributed by atoms with Crippen LogP contribution in [0.3, 0.4) is 0 Å². The summed E-state index contributed by atoms with van der Waals surface area (Å²) in [5.41, 5.74) is 4.47. The molecule has 1 N–H and O–H groups in total. The van der Waals surface area contributed by atoms with Crippen LogP contribution in [-0.4, -0.2) is 21.4 Å². The molecule has 0 saturated heterocycles. The summed E-state index contributed by atoms with van der Waals surface area (Å²) < 4.78 is 5.75. The predicted molar refractivity (Wildman–Crippen MR) is 117 cm³/mol. The number of nitrogens with zero attached hydrogens (tertiary/aromatic N) is 2. The van der Waals surface area contributed by atoms with Crippen molar-refractivity contribution in [3.05, 3.63) is 65.2 Å². The molecule has 1 aromatic heterocycles. The zero-order chi connectivity index (χ0) is 21.0. The SMILES string of the molecule is Cc1ccc(CNC(=O)[C@H](C)Sc2nnc(-c3ccc(C(C)(C)C)cc3)o2)cc1. The number of hydrogen-bond acceptors (Lipinski definition) is 5. The van der Waals surface area contributed by atoms with Crippen LogP contribution < -0.4 is 5.32 Å². The van der Waals surface area contributed by atoms with Gasteiger partial charge in [-0.1, -0.05) is 74.5 Å². The Morgan fingerprint density at radius 1 is 1.07 bits per heavy atom. The van der Waals surface area contributed by atoms with Crippen LogP contribution in [0.1, 0.15) is 44.4 Å². The lowest BCUT2D eigenvalue weighted by Crippen LogP contribution is -2.30. The minimum absolute atomic E-state index is 0.0649.